The standard InChI is InChI=1S/C13H23N3S/c1-7-14-12-9(4)13(16-11(6)15-12)17-10(5)8(2)3/h8,10H,7H2,1-6H3,(H,14,15,16). The highest BCUT2D eigenvalue weighted by Gasteiger charge is 2.14. The second-order valence-electron chi connectivity index (χ2n) is 4.65. The average Bonchev–Trinajstić information content (AvgIpc) is 2.24. The molecule has 0 amide bonds. The predicted octanol–water partition coefficient (Wildman–Crippen LogP) is 3.66. The third kappa shape index (κ3) is 3.87. The van der Waals surface area contributed by atoms with Gasteiger partial charge in [0.1, 0.15) is 16.7 Å². The monoisotopic (exact) mass is 253 g/mol. The highest BCUT2D eigenvalue weighted by Crippen LogP contribution is 2.31. The summed E-state index contributed by atoms with van der Waals surface area (Å²) in [7, 11) is 0. The minimum atomic E-state index is 0.567. The van der Waals surface area contributed by atoms with Crippen LogP contribution in [0.15, 0.2) is 5.03 Å². The quantitative estimate of drug-likeness (QED) is 0.642. The van der Waals surface area contributed by atoms with Crippen molar-refractivity contribution in [3.8, 4) is 0 Å². The zero-order valence-electron chi connectivity index (χ0n) is 11.7. The number of rotatable bonds is 5. The van der Waals surface area contributed by atoms with Crippen LogP contribution in [0.1, 0.15) is 39.1 Å². The molecule has 0 aliphatic heterocycles. The van der Waals surface area contributed by atoms with E-state index in [0.717, 1.165) is 28.8 Å². The van der Waals surface area contributed by atoms with Crippen LogP contribution in [0.3, 0.4) is 0 Å². The summed E-state index contributed by atoms with van der Waals surface area (Å²) in [5.74, 6) is 2.46. The number of hydrogen-bond acceptors (Lipinski definition) is 4. The Labute approximate surface area is 109 Å². The van der Waals surface area contributed by atoms with Gasteiger partial charge >= 0.3 is 0 Å². The lowest BCUT2D eigenvalue weighted by atomic mass is 10.2. The van der Waals surface area contributed by atoms with E-state index in [0.29, 0.717) is 11.2 Å². The summed E-state index contributed by atoms with van der Waals surface area (Å²) in [6.07, 6.45) is 0. The first kappa shape index (κ1) is 14.3. The van der Waals surface area contributed by atoms with Crippen molar-refractivity contribution in [3.63, 3.8) is 0 Å². The van der Waals surface area contributed by atoms with Crippen molar-refractivity contribution in [2.24, 2.45) is 5.92 Å². The smallest absolute Gasteiger partial charge is 0.133 e. The molecule has 1 aromatic heterocycles. The van der Waals surface area contributed by atoms with Crippen LogP contribution in [0.5, 0.6) is 0 Å². The Morgan fingerprint density at radius 2 is 1.82 bits per heavy atom. The van der Waals surface area contributed by atoms with Crippen LogP contribution >= 0.6 is 11.8 Å². The van der Waals surface area contributed by atoms with Gasteiger partial charge in [-0.1, -0.05) is 20.8 Å². The number of thioether (sulfide) groups is 1. The van der Waals surface area contributed by atoms with E-state index in [2.05, 4.69) is 49.9 Å². The molecule has 17 heavy (non-hydrogen) atoms. The Bertz CT molecular complexity index is 377. The topological polar surface area (TPSA) is 37.8 Å². The molecule has 1 N–H and O–H groups in total. The highest BCUT2D eigenvalue weighted by molar-refractivity contribution is 7.99. The van der Waals surface area contributed by atoms with E-state index >= 15 is 0 Å². The second-order valence-corrected chi connectivity index (χ2v) is 6.01. The Morgan fingerprint density at radius 3 is 2.35 bits per heavy atom. The maximum absolute atomic E-state index is 4.55. The summed E-state index contributed by atoms with van der Waals surface area (Å²) >= 11 is 1.84. The zero-order valence-corrected chi connectivity index (χ0v) is 12.5. The molecule has 0 bridgehead atoms. The van der Waals surface area contributed by atoms with Gasteiger partial charge in [0.2, 0.25) is 0 Å². The van der Waals surface area contributed by atoms with Gasteiger partial charge in [0.15, 0.2) is 0 Å². The van der Waals surface area contributed by atoms with E-state index in [4.69, 9.17) is 0 Å². The number of anilines is 1. The van der Waals surface area contributed by atoms with Crippen LogP contribution in [-0.2, 0) is 0 Å². The molecule has 0 saturated carbocycles. The van der Waals surface area contributed by atoms with Gasteiger partial charge in [-0.15, -0.1) is 11.8 Å². The fraction of sp³-hybridized carbons (Fsp3) is 0.692. The highest BCUT2D eigenvalue weighted by atomic mass is 32.2. The first-order valence-corrected chi connectivity index (χ1v) is 7.09. The van der Waals surface area contributed by atoms with Gasteiger partial charge in [-0.25, -0.2) is 9.97 Å². The van der Waals surface area contributed by atoms with Gasteiger partial charge in [-0.05, 0) is 26.7 Å². The zero-order chi connectivity index (χ0) is 13.0. The van der Waals surface area contributed by atoms with Gasteiger partial charge in [0.05, 0.1) is 0 Å². The maximum atomic E-state index is 4.55. The number of nitrogens with zero attached hydrogens (tertiary/aromatic N) is 2. The van der Waals surface area contributed by atoms with E-state index in [9.17, 15) is 0 Å². The fourth-order valence-electron chi connectivity index (χ4n) is 1.37. The normalized spacial score (nSPS) is 12.9. The Balaban J connectivity index is 2.98. The summed E-state index contributed by atoms with van der Waals surface area (Å²) in [6.45, 7) is 13.7. The lowest BCUT2D eigenvalue weighted by Gasteiger charge is -2.17. The molecule has 1 rings (SSSR count). The molecule has 96 valence electrons. The van der Waals surface area contributed by atoms with Crippen LogP contribution in [0, 0.1) is 19.8 Å². The van der Waals surface area contributed by atoms with Gasteiger partial charge in [-0.2, -0.15) is 0 Å². The van der Waals surface area contributed by atoms with E-state index in [-0.39, 0.29) is 0 Å². The van der Waals surface area contributed by atoms with Crippen molar-refractivity contribution in [2.45, 2.75) is 51.8 Å². The molecule has 4 heteroatoms. The molecule has 1 atom stereocenters. The lowest BCUT2D eigenvalue weighted by molar-refractivity contribution is 0.641. The fourth-order valence-corrected chi connectivity index (χ4v) is 2.45. The summed E-state index contributed by atoms with van der Waals surface area (Å²) in [6, 6.07) is 0. The largest absolute Gasteiger partial charge is 0.370 e. The van der Waals surface area contributed by atoms with Crippen molar-refractivity contribution >= 4 is 17.6 Å². The lowest BCUT2D eigenvalue weighted by Crippen LogP contribution is -2.09. The van der Waals surface area contributed by atoms with E-state index < -0.39 is 0 Å². The van der Waals surface area contributed by atoms with Crippen molar-refractivity contribution in [2.75, 3.05) is 11.9 Å². The molecular weight excluding hydrogens is 230 g/mol. The second kappa shape index (κ2) is 6.24. The van der Waals surface area contributed by atoms with E-state index in [1.165, 1.54) is 0 Å². The van der Waals surface area contributed by atoms with Crippen molar-refractivity contribution in [1.82, 2.24) is 9.97 Å². The molecule has 1 aromatic rings. The Morgan fingerprint density at radius 1 is 1.18 bits per heavy atom. The SMILES string of the molecule is CCNc1nc(C)nc(SC(C)C(C)C)c1C. The average molecular weight is 253 g/mol. The number of aryl methyl sites for hydroxylation is 1. The summed E-state index contributed by atoms with van der Waals surface area (Å²) in [4.78, 5) is 8.99. The van der Waals surface area contributed by atoms with Crippen LogP contribution in [0.2, 0.25) is 0 Å². The van der Waals surface area contributed by atoms with Gasteiger partial charge in [-0.3, -0.25) is 0 Å². The van der Waals surface area contributed by atoms with Crippen molar-refractivity contribution < 1.29 is 0 Å². The maximum Gasteiger partial charge on any atom is 0.133 e. The summed E-state index contributed by atoms with van der Waals surface area (Å²) in [5, 5.41) is 4.97. The van der Waals surface area contributed by atoms with Crippen molar-refractivity contribution in [1.29, 1.82) is 0 Å². The number of nitrogens with one attached hydrogen (secondary N) is 1. The van der Waals surface area contributed by atoms with Crippen molar-refractivity contribution in [3.05, 3.63) is 11.4 Å². The minimum Gasteiger partial charge on any atom is -0.370 e. The molecular formula is C13H23N3S. The van der Waals surface area contributed by atoms with Crippen LogP contribution in [0.25, 0.3) is 0 Å². The first-order chi connectivity index (χ1) is 7.95. The summed E-state index contributed by atoms with van der Waals surface area (Å²) in [5.41, 5.74) is 1.16. The molecule has 1 unspecified atom stereocenters. The molecule has 0 aromatic carbocycles. The van der Waals surface area contributed by atoms with Crippen LogP contribution < -0.4 is 5.32 Å². The third-order valence-electron chi connectivity index (χ3n) is 2.79. The first-order valence-electron chi connectivity index (χ1n) is 6.21. The van der Waals surface area contributed by atoms with Crippen LogP contribution in [0.4, 0.5) is 5.82 Å². The molecule has 0 aliphatic carbocycles. The molecule has 3 nitrogen and oxygen atoms in total. The minimum absolute atomic E-state index is 0.567. The third-order valence-corrected chi connectivity index (χ3v) is 4.33. The Hall–Kier alpha value is -0.770. The molecule has 0 aliphatic rings. The Kier molecular flexibility index (Phi) is 5.25. The molecule has 0 fully saturated rings. The molecule has 1 heterocycles. The number of hydrogen-bond donors (Lipinski definition) is 1. The molecule has 0 saturated heterocycles. The molecule has 0 spiro atoms. The van der Waals surface area contributed by atoms with E-state index in [1.807, 2.05) is 18.7 Å². The molecule has 0 radical (unpaired) electrons. The number of aromatic nitrogens is 2. The van der Waals surface area contributed by atoms with Gasteiger partial charge in [0, 0.05) is 17.4 Å². The van der Waals surface area contributed by atoms with Gasteiger partial charge in [0.25, 0.3) is 0 Å². The van der Waals surface area contributed by atoms with E-state index in [1.54, 1.807) is 0 Å². The predicted molar refractivity (Wildman–Crippen MR) is 75.8 cm³/mol. The van der Waals surface area contributed by atoms with Gasteiger partial charge < -0.3 is 5.32 Å². The van der Waals surface area contributed by atoms with Crippen LogP contribution in [-0.4, -0.2) is 21.8 Å². The summed E-state index contributed by atoms with van der Waals surface area (Å²) < 4.78 is 0.